The lowest BCUT2D eigenvalue weighted by molar-refractivity contribution is -0.114. The van der Waals surface area contributed by atoms with E-state index in [1.807, 2.05) is 50.3 Å². The molecule has 0 N–H and O–H groups in total. The van der Waals surface area contributed by atoms with Crippen LogP contribution in [0.3, 0.4) is 0 Å². The zero-order chi connectivity index (χ0) is 10.8. The molecule has 1 aliphatic carbocycles. The third kappa shape index (κ3) is 1.91. The molecule has 1 heteroatoms. The Morgan fingerprint density at radius 3 is 2.33 bits per heavy atom. The van der Waals surface area contributed by atoms with Crippen molar-refractivity contribution in [1.82, 2.24) is 0 Å². The highest BCUT2D eigenvalue weighted by Gasteiger charge is 2.20. The second-order valence-electron chi connectivity index (χ2n) is 4.05. The summed E-state index contributed by atoms with van der Waals surface area (Å²) in [5, 5.41) is 0. The molecule has 1 nitrogen and oxygen atoms in total. The monoisotopic (exact) mass is 198 g/mol. The van der Waals surface area contributed by atoms with Gasteiger partial charge in [-0.3, -0.25) is 4.79 Å². The SMILES string of the molecule is CC(C)=C1C=C(c2ccccc2)CC1=O. The Morgan fingerprint density at radius 2 is 1.80 bits per heavy atom. The number of benzene rings is 1. The number of allylic oxidation sites excluding steroid dienone is 4. The molecule has 0 bridgehead atoms. The van der Waals surface area contributed by atoms with E-state index in [4.69, 9.17) is 0 Å². The molecule has 2 rings (SSSR count). The van der Waals surface area contributed by atoms with Crippen LogP contribution in [0.15, 0.2) is 47.6 Å². The van der Waals surface area contributed by atoms with Gasteiger partial charge in [0.05, 0.1) is 0 Å². The Kier molecular flexibility index (Phi) is 2.55. The predicted octanol–water partition coefficient (Wildman–Crippen LogP) is 3.38. The molecule has 0 fully saturated rings. The number of carbonyl (C=O) groups is 1. The zero-order valence-corrected chi connectivity index (χ0v) is 9.08. The van der Waals surface area contributed by atoms with E-state index >= 15 is 0 Å². The highest BCUT2D eigenvalue weighted by Crippen LogP contribution is 2.29. The lowest BCUT2D eigenvalue weighted by Gasteiger charge is -1.98. The first kappa shape index (κ1) is 9.91. The van der Waals surface area contributed by atoms with E-state index in [0.717, 1.165) is 22.3 Å². The smallest absolute Gasteiger partial charge is 0.167 e. The lowest BCUT2D eigenvalue weighted by atomic mass is 10.1. The van der Waals surface area contributed by atoms with Crippen molar-refractivity contribution in [2.24, 2.45) is 0 Å². The maximum atomic E-state index is 11.7. The molecule has 0 heterocycles. The fourth-order valence-electron chi connectivity index (χ4n) is 1.83. The van der Waals surface area contributed by atoms with Crippen LogP contribution in [0.4, 0.5) is 0 Å². The quantitative estimate of drug-likeness (QED) is 0.632. The predicted molar refractivity (Wildman–Crippen MR) is 62.4 cm³/mol. The van der Waals surface area contributed by atoms with Gasteiger partial charge in [-0.05, 0) is 31.1 Å². The van der Waals surface area contributed by atoms with Gasteiger partial charge in [-0.1, -0.05) is 35.9 Å². The minimum absolute atomic E-state index is 0.244. The van der Waals surface area contributed by atoms with Crippen molar-refractivity contribution < 1.29 is 4.79 Å². The molecule has 1 aliphatic rings. The molecule has 1 aromatic rings. The Labute approximate surface area is 90.1 Å². The summed E-state index contributed by atoms with van der Waals surface area (Å²) in [7, 11) is 0. The maximum absolute atomic E-state index is 11.7. The first-order valence-corrected chi connectivity index (χ1v) is 5.15. The van der Waals surface area contributed by atoms with Crippen molar-refractivity contribution in [2.45, 2.75) is 20.3 Å². The molecule has 0 saturated heterocycles. The van der Waals surface area contributed by atoms with Crippen LogP contribution in [0.2, 0.25) is 0 Å². The first-order chi connectivity index (χ1) is 7.18. The summed E-state index contributed by atoms with van der Waals surface area (Å²) in [4.78, 5) is 11.7. The largest absolute Gasteiger partial charge is 0.294 e. The van der Waals surface area contributed by atoms with Crippen LogP contribution in [0.5, 0.6) is 0 Å². The van der Waals surface area contributed by atoms with Crippen LogP contribution in [0.25, 0.3) is 5.57 Å². The molecule has 1 aromatic carbocycles. The molecule has 0 spiro atoms. The van der Waals surface area contributed by atoms with Gasteiger partial charge in [0.2, 0.25) is 0 Å². The fourth-order valence-corrected chi connectivity index (χ4v) is 1.83. The molecular formula is C14H14O. The van der Waals surface area contributed by atoms with Crippen LogP contribution in [0, 0.1) is 0 Å². The molecule has 76 valence electrons. The Balaban J connectivity index is 2.40. The van der Waals surface area contributed by atoms with Crippen molar-refractivity contribution in [2.75, 3.05) is 0 Å². The van der Waals surface area contributed by atoms with E-state index in [-0.39, 0.29) is 5.78 Å². The Hall–Kier alpha value is -1.63. The molecule has 0 aliphatic heterocycles. The molecule has 15 heavy (non-hydrogen) atoms. The first-order valence-electron chi connectivity index (χ1n) is 5.15. The van der Waals surface area contributed by atoms with E-state index in [9.17, 15) is 4.79 Å². The standard InChI is InChI=1S/C14H14O/c1-10(2)13-8-12(9-14(13)15)11-6-4-3-5-7-11/h3-8H,9H2,1-2H3. The van der Waals surface area contributed by atoms with Gasteiger partial charge in [-0.25, -0.2) is 0 Å². The second-order valence-corrected chi connectivity index (χ2v) is 4.05. The van der Waals surface area contributed by atoms with E-state index in [2.05, 4.69) is 0 Å². The summed E-state index contributed by atoms with van der Waals surface area (Å²) in [6.07, 6.45) is 2.57. The van der Waals surface area contributed by atoms with Gasteiger partial charge in [0.15, 0.2) is 5.78 Å². The normalized spacial score (nSPS) is 15.5. The van der Waals surface area contributed by atoms with E-state index in [0.29, 0.717) is 6.42 Å². The average Bonchev–Trinajstić information content (AvgIpc) is 2.62. The number of ketones is 1. The van der Waals surface area contributed by atoms with Crippen molar-refractivity contribution in [3.8, 4) is 0 Å². The number of hydrogen-bond acceptors (Lipinski definition) is 1. The second kappa shape index (κ2) is 3.85. The number of hydrogen-bond donors (Lipinski definition) is 0. The van der Waals surface area contributed by atoms with Crippen LogP contribution in [0.1, 0.15) is 25.8 Å². The summed E-state index contributed by atoms with van der Waals surface area (Å²) in [5.41, 5.74) is 4.28. The van der Waals surface area contributed by atoms with Gasteiger partial charge in [0, 0.05) is 12.0 Å². The molecule has 0 radical (unpaired) electrons. The molecular weight excluding hydrogens is 184 g/mol. The zero-order valence-electron chi connectivity index (χ0n) is 9.08. The molecule has 0 saturated carbocycles. The highest BCUT2D eigenvalue weighted by atomic mass is 16.1. The summed E-state index contributed by atoms with van der Waals surface area (Å²) in [6.45, 7) is 3.97. The Bertz CT molecular complexity index is 445. The number of carbonyl (C=O) groups excluding carboxylic acids is 1. The molecule has 0 atom stereocenters. The molecule has 0 aromatic heterocycles. The van der Waals surface area contributed by atoms with E-state index in [1.165, 1.54) is 0 Å². The van der Waals surface area contributed by atoms with Crippen molar-refractivity contribution in [3.63, 3.8) is 0 Å². The van der Waals surface area contributed by atoms with E-state index in [1.54, 1.807) is 0 Å². The van der Waals surface area contributed by atoms with Crippen molar-refractivity contribution in [1.29, 1.82) is 0 Å². The lowest BCUT2D eigenvalue weighted by Crippen LogP contribution is -1.94. The molecule has 0 amide bonds. The van der Waals surface area contributed by atoms with Crippen LogP contribution in [-0.4, -0.2) is 5.78 Å². The van der Waals surface area contributed by atoms with Gasteiger partial charge in [0.25, 0.3) is 0 Å². The summed E-state index contributed by atoms with van der Waals surface area (Å²) in [6, 6.07) is 10.1. The van der Waals surface area contributed by atoms with Crippen molar-refractivity contribution >= 4 is 11.4 Å². The molecule has 0 unspecified atom stereocenters. The van der Waals surface area contributed by atoms with E-state index < -0.39 is 0 Å². The van der Waals surface area contributed by atoms with Crippen molar-refractivity contribution in [3.05, 3.63) is 53.1 Å². The number of rotatable bonds is 1. The van der Waals surface area contributed by atoms with Gasteiger partial charge in [-0.2, -0.15) is 0 Å². The maximum Gasteiger partial charge on any atom is 0.167 e. The average molecular weight is 198 g/mol. The highest BCUT2D eigenvalue weighted by molar-refractivity contribution is 6.10. The minimum atomic E-state index is 0.244. The van der Waals surface area contributed by atoms with Crippen LogP contribution in [-0.2, 0) is 4.79 Å². The summed E-state index contributed by atoms with van der Waals surface area (Å²) in [5.74, 6) is 0.244. The van der Waals surface area contributed by atoms with Gasteiger partial charge >= 0.3 is 0 Å². The summed E-state index contributed by atoms with van der Waals surface area (Å²) >= 11 is 0. The van der Waals surface area contributed by atoms with Crippen LogP contribution < -0.4 is 0 Å². The third-order valence-electron chi connectivity index (χ3n) is 2.65. The summed E-state index contributed by atoms with van der Waals surface area (Å²) < 4.78 is 0. The fraction of sp³-hybridized carbons (Fsp3) is 0.214. The van der Waals surface area contributed by atoms with Gasteiger partial charge < -0.3 is 0 Å². The van der Waals surface area contributed by atoms with Gasteiger partial charge in [0.1, 0.15) is 0 Å². The van der Waals surface area contributed by atoms with Gasteiger partial charge in [-0.15, -0.1) is 0 Å². The topological polar surface area (TPSA) is 17.1 Å². The number of Topliss-reactive ketones (excluding diaryl/α,β-unsaturated/α-hetero) is 1. The van der Waals surface area contributed by atoms with Crippen LogP contribution >= 0.6 is 0 Å². The third-order valence-corrected chi connectivity index (χ3v) is 2.65. The Morgan fingerprint density at radius 1 is 1.13 bits per heavy atom. The minimum Gasteiger partial charge on any atom is -0.294 e.